The van der Waals surface area contributed by atoms with E-state index in [9.17, 15) is 14.7 Å². The Morgan fingerprint density at radius 1 is 0.969 bits per heavy atom. The molecule has 0 saturated carbocycles. The number of hydrogen-bond acceptors (Lipinski definition) is 4. The van der Waals surface area contributed by atoms with Crippen molar-refractivity contribution in [3.05, 3.63) is 83.4 Å². The van der Waals surface area contributed by atoms with Gasteiger partial charge in [0.15, 0.2) is 0 Å². The third kappa shape index (κ3) is 4.17. The van der Waals surface area contributed by atoms with Crippen molar-refractivity contribution in [1.82, 2.24) is 0 Å². The Bertz CT molecular complexity index is 1110. The molecule has 0 heterocycles. The molecule has 6 heteroatoms. The highest BCUT2D eigenvalue weighted by molar-refractivity contribution is 5.90. The van der Waals surface area contributed by atoms with E-state index < -0.39 is 12.1 Å². The van der Waals surface area contributed by atoms with Gasteiger partial charge in [-0.3, -0.25) is 9.69 Å². The smallest absolute Gasteiger partial charge is 0.414 e. The lowest BCUT2D eigenvalue weighted by molar-refractivity contribution is -0.136. The standard InChI is InChI=1S/C26H25NO5/c1-17-11-12-24(31-2)23(15-17)27(14-13-25(28)29)26(30)32-16-22-20-9-5-3-7-18(20)19-8-4-6-10-21(19)22/h3-12,15,22H,13-14,16H2,1-2H3,(H,28,29). The minimum absolute atomic E-state index is 0.0220. The number of carbonyl (C=O) groups excluding carboxylic acids is 1. The number of aryl methyl sites for hydroxylation is 1. The molecule has 32 heavy (non-hydrogen) atoms. The van der Waals surface area contributed by atoms with Gasteiger partial charge >= 0.3 is 12.1 Å². The molecule has 0 fully saturated rings. The minimum atomic E-state index is -0.993. The number of carboxylic acids is 1. The normalized spacial score (nSPS) is 12.1. The predicted molar refractivity (Wildman–Crippen MR) is 122 cm³/mol. The molecule has 0 saturated heterocycles. The van der Waals surface area contributed by atoms with Gasteiger partial charge in [-0.1, -0.05) is 54.6 Å². The second-order valence-electron chi connectivity index (χ2n) is 7.77. The minimum Gasteiger partial charge on any atom is -0.495 e. The zero-order valence-corrected chi connectivity index (χ0v) is 18.1. The molecule has 1 aliphatic rings. The number of aliphatic carboxylic acids is 1. The highest BCUT2D eigenvalue weighted by Gasteiger charge is 2.30. The molecule has 1 aliphatic carbocycles. The molecule has 1 N–H and O–H groups in total. The lowest BCUT2D eigenvalue weighted by atomic mass is 9.98. The molecule has 0 bridgehead atoms. The molecule has 4 rings (SSSR count). The summed E-state index contributed by atoms with van der Waals surface area (Å²) in [6, 6.07) is 21.7. The van der Waals surface area contributed by atoms with Crippen LogP contribution in [-0.4, -0.2) is 37.4 Å². The van der Waals surface area contributed by atoms with Crippen molar-refractivity contribution in [3.8, 4) is 16.9 Å². The second-order valence-corrected chi connectivity index (χ2v) is 7.77. The molecule has 6 nitrogen and oxygen atoms in total. The Hall–Kier alpha value is -3.80. The molecule has 0 spiro atoms. The summed E-state index contributed by atoms with van der Waals surface area (Å²) >= 11 is 0. The average Bonchev–Trinajstić information content (AvgIpc) is 3.11. The van der Waals surface area contributed by atoms with Gasteiger partial charge in [-0.15, -0.1) is 0 Å². The van der Waals surface area contributed by atoms with Gasteiger partial charge in [-0.25, -0.2) is 4.79 Å². The number of ether oxygens (including phenoxy) is 2. The first-order chi connectivity index (χ1) is 15.5. The number of nitrogens with zero attached hydrogens (tertiary/aromatic N) is 1. The number of fused-ring (bicyclic) bond motifs is 3. The Kier molecular flexibility index (Phi) is 6.12. The summed E-state index contributed by atoms with van der Waals surface area (Å²) in [5.74, 6) is -0.588. The molecule has 0 radical (unpaired) electrons. The van der Waals surface area contributed by atoms with Crippen molar-refractivity contribution < 1.29 is 24.2 Å². The van der Waals surface area contributed by atoms with E-state index in [1.807, 2.05) is 37.3 Å². The van der Waals surface area contributed by atoms with Crippen LogP contribution in [0.5, 0.6) is 5.75 Å². The first-order valence-electron chi connectivity index (χ1n) is 10.5. The molecular weight excluding hydrogens is 406 g/mol. The van der Waals surface area contributed by atoms with Crippen LogP contribution in [0.15, 0.2) is 66.7 Å². The topological polar surface area (TPSA) is 76.1 Å². The Labute approximate surface area is 187 Å². The maximum Gasteiger partial charge on any atom is 0.414 e. The van der Waals surface area contributed by atoms with Crippen LogP contribution in [0.2, 0.25) is 0 Å². The highest BCUT2D eigenvalue weighted by Crippen LogP contribution is 2.44. The molecule has 3 aromatic rings. The first-order valence-corrected chi connectivity index (χ1v) is 10.5. The van der Waals surface area contributed by atoms with Crippen LogP contribution >= 0.6 is 0 Å². The molecule has 0 atom stereocenters. The summed E-state index contributed by atoms with van der Waals surface area (Å²) < 4.78 is 11.2. The Morgan fingerprint density at radius 2 is 1.59 bits per heavy atom. The number of amides is 1. The zero-order valence-electron chi connectivity index (χ0n) is 18.1. The summed E-state index contributed by atoms with van der Waals surface area (Å²) in [6.07, 6.45) is -0.807. The summed E-state index contributed by atoms with van der Waals surface area (Å²) in [6.45, 7) is 2.03. The van der Waals surface area contributed by atoms with Crippen molar-refractivity contribution in [2.24, 2.45) is 0 Å². The van der Waals surface area contributed by atoms with Crippen LogP contribution in [0.4, 0.5) is 10.5 Å². The largest absolute Gasteiger partial charge is 0.495 e. The summed E-state index contributed by atoms with van der Waals surface area (Å²) in [4.78, 5) is 25.7. The highest BCUT2D eigenvalue weighted by atomic mass is 16.6. The van der Waals surface area contributed by atoms with Crippen LogP contribution in [-0.2, 0) is 9.53 Å². The van der Waals surface area contributed by atoms with E-state index in [0.717, 1.165) is 27.8 Å². The fraction of sp³-hybridized carbons (Fsp3) is 0.231. The maximum absolute atomic E-state index is 13.2. The number of carboxylic acid groups (broad SMARTS) is 1. The summed E-state index contributed by atoms with van der Waals surface area (Å²) in [7, 11) is 1.52. The van der Waals surface area contributed by atoms with E-state index in [1.54, 1.807) is 12.1 Å². The molecule has 0 aromatic heterocycles. The van der Waals surface area contributed by atoms with Gasteiger partial charge in [0.05, 0.1) is 19.2 Å². The SMILES string of the molecule is COc1ccc(C)cc1N(CCC(=O)O)C(=O)OCC1c2ccccc2-c2ccccc21. The lowest BCUT2D eigenvalue weighted by Crippen LogP contribution is -2.34. The van der Waals surface area contributed by atoms with E-state index in [0.29, 0.717) is 11.4 Å². The molecule has 0 unspecified atom stereocenters. The van der Waals surface area contributed by atoms with Crippen molar-refractivity contribution in [2.45, 2.75) is 19.3 Å². The molecule has 164 valence electrons. The van der Waals surface area contributed by atoms with Gasteiger partial charge in [0.25, 0.3) is 0 Å². The number of carbonyl (C=O) groups is 2. The molecule has 3 aromatic carbocycles. The molecule has 0 aliphatic heterocycles. The van der Waals surface area contributed by atoms with Gasteiger partial charge in [-0.05, 0) is 46.9 Å². The van der Waals surface area contributed by atoms with Crippen LogP contribution in [0.25, 0.3) is 11.1 Å². The van der Waals surface area contributed by atoms with Crippen LogP contribution in [0.3, 0.4) is 0 Å². The number of anilines is 1. The van der Waals surface area contributed by atoms with E-state index in [-0.39, 0.29) is 25.5 Å². The second kappa shape index (κ2) is 9.14. The van der Waals surface area contributed by atoms with Crippen molar-refractivity contribution in [3.63, 3.8) is 0 Å². The summed E-state index contributed by atoms with van der Waals surface area (Å²) in [5, 5.41) is 9.18. The quantitative estimate of drug-likeness (QED) is 0.554. The monoisotopic (exact) mass is 431 g/mol. The first kappa shape index (κ1) is 21.4. The van der Waals surface area contributed by atoms with Gasteiger partial charge in [0, 0.05) is 12.5 Å². The number of benzene rings is 3. The number of rotatable bonds is 7. The predicted octanol–water partition coefficient (Wildman–Crippen LogP) is 5.23. The maximum atomic E-state index is 13.2. The van der Waals surface area contributed by atoms with E-state index in [4.69, 9.17) is 9.47 Å². The van der Waals surface area contributed by atoms with Crippen molar-refractivity contribution in [1.29, 1.82) is 0 Å². The summed E-state index contributed by atoms with van der Waals surface area (Å²) in [5.41, 5.74) is 5.94. The Balaban J connectivity index is 1.60. The van der Waals surface area contributed by atoms with Crippen LogP contribution < -0.4 is 9.64 Å². The van der Waals surface area contributed by atoms with E-state index >= 15 is 0 Å². The number of hydrogen-bond donors (Lipinski definition) is 1. The van der Waals surface area contributed by atoms with Crippen LogP contribution in [0, 0.1) is 6.92 Å². The zero-order chi connectivity index (χ0) is 22.7. The number of methoxy groups -OCH3 is 1. The third-order valence-electron chi connectivity index (χ3n) is 5.73. The van der Waals surface area contributed by atoms with Crippen molar-refractivity contribution >= 4 is 17.7 Å². The van der Waals surface area contributed by atoms with Gasteiger partial charge < -0.3 is 14.6 Å². The molecular formula is C26H25NO5. The third-order valence-corrected chi connectivity index (χ3v) is 5.73. The van der Waals surface area contributed by atoms with E-state index in [1.165, 1.54) is 12.0 Å². The van der Waals surface area contributed by atoms with Gasteiger partial charge in [0.1, 0.15) is 12.4 Å². The fourth-order valence-corrected chi connectivity index (χ4v) is 4.20. The average molecular weight is 431 g/mol. The Morgan fingerprint density at radius 3 is 2.19 bits per heavy atom. The van der Waals surface area contributed by atoms with E-state index in [2.05, 4.69) is 24.3 Å². The van der Waals surface area contributed by atoms with Gasteiger partial charge in [0.2, 0.25) is 0 Å². The van der Waals surface area contributed by atoms with Crippen molar-refractivity contribution in [2.75, 3.05) is 25.2 Å². The fourth-order valence-electron chi connectivity index (χ4n) is 4.20. The lowest BCUT2D eigenvalue weighted by Gasteiger charge is -2.25. The van der Waals surface area contributed by atoms with Gasteiger partial charge in [-0.2, -0.15) is 0 Å². The molecule has 1 amide bonds. The van der Waals surface area contributed by atoms with Crippen LogP contribution in [0.1, 0.15) is 29.0 Å².